The van der Waals surface area contributed by atoms with Crippen molar-refractivity contribution in [2.45, 2.75) is 81.3 Å². The van der Waals surface area contributed by atoms with Crippen molar-refractivity contribution >= 4 is 29.5 Å². The van der Waals surface area contributed by atoms with Gasteiger partial charge in [-0.3, -0.25) is 14.4 Å². The third kappa shape index (κ3) is 5.00. The lowest BCUT2D eigenvalue weighted by Crippen LogP contribution is -2.53. The molecule has 8 heteroatoms. The first-order chi connectivity index (χ1) is 17.5. The van der Waals surface area contributed by atoms with Crippen molar-refractivity contribution in [3.8, 4) is 0 Å². The molecule has 2 saturated heterocycles. The first-order valence-electron chi connectivity index (χ1n) is 14.0. The summed E-state index contributed by atoms with van der Waals surface area (Å²) in [5.74, 6) is -0.883. The van der Waals surface area contributed by atoms with Crippen LogP contribution in [0, 0.1) is 11.8 Å². The lowest BCUT2D eigenvalue weighted by atomic mass is 9.78. The van der Waals surface area contributed by atoms with Gasteiger partial charge in [0.1, 0.15) is 6.04 Å². The van der Waals surface area contributed by atoms with E-state index in [-0.39, 0.29) is 29.6 Å². The fourth-order valence-corrected chi connectivity index (χ4v) is 8.46. The summed E-state index contributed by atoms with van der Waals surface area (Å²) in [6, 6.07) is -0.564. The molecule has 0 aromatic rings. The summed E-state index contributed by atoms with van der Waals surface area (Å²) in [6.45, 7) is 7.46. The molecule has 4 aliphatic heterocycles. The number of hydrogen-bond donors (Lipinski definition) is 1. The van der Waals surface area contributed by atoms with Gasteiger partial charge in [0, 0.05) is 44.6 Å². The van der Waals surface area contributed by atoms with Crippen molar-refractivity contribution in [3.05, 3.63) is 24.3 Å². The fraction of sp³-hybridized carbons (Fsp3) is 0.750. The van der Waals surface area contributed by atoms with E-state index in [4.69, 9.17) is 5.11 Å². The first kappa shape index (κ1) is 27.2. The Hall–Kier alpha value is -1.80. The summed E-state index contributed by atoms with van der Waals surface area (Å²) < 4.78 is -0.705. The zero-order valence-corrected chi connectivity index (χ0v) is 22.8. The molecular weight excluding hydrogens is 474 g/mol. The first-order valence-corrected chi connectivity index (χ1v) is 14.9. The number of carbonyl (C=O) groups is 3. The number of unbranched alkanes of at least 4 members (excludes halogenated alkanes) is 5. The smallest absolute Gasteiger partial charge is 0.247 e. The number of carbonyl (C=O) groups excluding carboxylic acids is 3. The van der Waals surface area contributed by atoms with Crippen molar-refractivity contribution in [3.63, 3.8) is 0 Å². The number of rotatable bonds is 12. The van der Waals surface area contributed by atoms with E-state index in [0.717, 1.165) is 51.4 Å². The molecule has 2 fully saturated rings. The molecule has 0 aliphatic carbocycles. The Kier molecular flexibility index (Phi) is 9.20. The van der Waals surface area contributed by atoms with Crippen LogP contribution in [0.5, 0.6) is 0 Å². The summed E-state index contributed by atoms with van der Waals surface area (Å²) in [5, 5.41) is 9.03. The molecule has 5 atom stereocenters. The second-order valence-corrected chi connectivity index (χ2v) is 12.1. The molecule has 0 aromatic carbocycles. The number of nitrogens with zero attached hydrogens (tertiary/aromatic N) is 3. The number of aliphatic hydroxyl groups is 1. The van der Waals surface area contributed by atoms with E-state index in [1.807, 2.05) is 14.7 Å². The maximum Gasteiger partial charge on any atom is 0.247 e. The van der Waals surface area contributed by atoms with Crippen LogP contribution < -0.4 is 0 Å². The summed E-state index contributed by atoms with van der Waals surface area (Å²) in [7, 11) is 0. The van der Waals surface area contributed by atoms with Gasteiger partial charge in [-0.05, 0) is 25.7 Å². The van der Waals surface area contributed by atoms with Crippen LogP contribution in [0.2, 0.25) is 0 Å². The van der Waals surface area contributed by atoms with Gasteiger partial charge in [-0.2, -0.15) is 0 Å². The average Bonchev–Trinajstić information content (AvgIpc) is 3.18. The van der Waals surface area contributed by atoms with E-state index in [1.165, 1.54) is 0 Å². The Morgan fingerprint density at radius 2 is 1.58 bits per heavy atom. The highest BCUT2D eigenvalue weighted by molar-refractivity contribution is 8.02. The zero-order valence-electron chi connectivity index (χ0n) is 21.9. The van der Waals surface area contributed by atoms with Gasteiger partial charge in [0.05, 0.1) is 16.6 Å². The van der Waals surface area contributed by atoms with E-state index in [1.54, 1.807) is 11.8 Å². The van der Waals surface area contributed by atoms with Crippen LogP contribution in [0.1, 0.15) is 65.2 Å². The van der Waals surface area contributed by atoms with E-state index < -0.39 is 22.6 Å². The quantitative estimate of drug-likeness (QED) is 0.318. The molecule has 0 radical (unpaired) electrons. The summed E-state index contributed by atoms with van der Waals surface area (Å²) >= 11 is 1.67. The molecule has 36 heavy (non-hydrogen) atoms. The number of likely N-dealkylation sites (tertiary alicyclic amines) is 1. The Morgan fingerprint density at radius 3 is 2.33 bits per heavy atom. The SMILES string of the molecule is CCCCCN1CC=C[C@]23S[C@H]4C=CCN(CCC)C(=O)[C@H]4[C@H]2C(=O)N(CCCCCCO)C3C1=O. The van der Waals surface area contributed by atoms with Crippen LogP contribution in [0.4, 0.5) is 0 Å². The predicted octanol–water partition coefficient (Wildman–Crippen LogP) is 3.23. The van der Waals surface area contributed by atoms with Gasteiger partial charge in [-0.15, -0.1) is 11.8 Å². The van der Waals surface area contributed by atoms with E-state index in [9.17, 15) is 14.4 Å². The van der Waals surface area contributed by atoms with Crippen molar-refractivity contribution in [1.82, 2.24) is 14.7 Å². The minimum atomic E-state index is -0.705. The normalized spacial score (nSPS) is 31.5. The zero-order chi connectivity index (χ0) is 25.7. The average molecular weight is 518 g/mol. The minimum absolute atomic E-state index is 0.0318. The Bertz CT molecular complexity index is 877. The highest BCUT2D eigenvalue weighted by Gasteiger charge is 2.70. The molecule has 4 aliphatic rings. The van der Waals surface area contributed by atoms with Crippen molar-refractivity contribution in [2.24, 2.45) is 11.8 Å². The second kappa shape index (κ2) is 12.2. The maximum atomic E-state index is 14.1. The molecule has 1 spiro atoms. The molecule has 1 N–H and O–H groups in total. The van der Waals surface area contributed by atoms with Crippen LogP contribution in [0.15, 0.2) is 24.3 Å². The van der Waals surface area contributed by atoms with Crippen LogP contribution in [0.3, 0.4) is 0 Å². The number of fused-ring (bicyclic) bond motifs is 2. The monoisotopic (exact) mass is 517 g/mol. The Morgan fingerprint density at radius 1 is 0.861 bits per heavy atom. The van der Waals surface area contributed by atoms with Crippen LogP contribution in [-0.4, -0.2) is 92.9 Å². The molecule has 3 amide bonds. The lowest BCUT2D eigenvalue weighted by molar-refractivity contribution is -0.144. The molecule has 4 heterocycles. The van der Waals surface area contributed by atoms with Gasteiger partial charge < -0.3 is 19.8 Å². The third-order valence-corrected chi connectivity index (χ3v) is 9.90. The summed E-state index contributed by atoms with van der Waals surface area (Å²) in [6.07, 6.45) is 15.7. The Balaban J connectivity index is 1.67. The van der Waals surface area contributed by atoms with E-state index in [0.29, 0.717) is 32.7 Å². The van der Waals surface area contributed by atoms with Crippen LogP contribution in [0.25, 0.3) is 0 Å². The third-order valence-electron chi connectivity index (χ3n) is 8.16. The summed E-state index contributed by atoms with van der Waals surface area (Å²) in [5.41, 5.74) is 0. The highest BCUT2D eigenvalue weighted by Crippen LogP contribution is 2.61. The van der Waals surface area contributed by atoms with Crippen LogP contribution >= 0.6 is 11.8 Å². The van der Waals surface area contributed by atoms with Crippen LogP contribution in [-0.2, 0) is 14.4 Å². The number of aliphatic hydroxyl groups excluding tert-OH is 1. The van der Waals surface area contributed by atoms with E-state index >= 15 is 0 Å². The largest absolute Gasteiger partial charge is 0.396 e. The Labute approximate surface area is 220 Å². The van der Waals surface area contributed by atoms with E-state index in [2.05, 4.69) is 38.2 Å². The number of thioether (sulfide) groups is 1. The molecule has 7 nitrogen and oxygen atoms in total. The minimum Gasteiger partial charge on any atom is -0.396 e. The lowest BCUT2D eigenvalue weighted by Gasteiger charge is -2.35. The second-order valence-electron chi connectivity index (χ2n) is 10.6. The number of amides is 3. The van der Waals surface area contributed by atoms with Gasteiger partial charge in [-0.25, -0.2) is 0 Å². The fourth-order valence-electron chi connectivity index (χ4n) is 6.45. The predicted molar refractivity (Wildman–Crippen MR) is 143 cm³/mol. The molecule has 200 valence electrons. The van der Waals surface area contributed by atoms with Gasteiger partial charge in [0.2, 0.25) is 17.7 Å². The maximum absolute atomic E-state index is 14.1. The topological polar surface area (TPSA) is 81.2 Å². The molecule has 4 rings (SSSR count). The molecule has 1 unspecified atom stereocenters. The molecule has 0 bridgehead atoms. The summed E-state index contributed by atoms with van der Waals surface area (Å²) in [4.78, 5) is 47.7. The molecular formula is C28H43N3O4S. The highest BCUT2D eigenvalue weighted by atomic mass is 32.2. The van der Waals surface area contributed by atoms with Crippen molar-refractivity contribution < 1.29 is 19.5 Å². The van der Waals surface area contributed by atoms with Gasteiger partial charge in [0.25, 0.3) is 0 Å². The van der Waals surface area contributed by atoms with Crippen molar-refractivity contribution in [2.75, 3.05) is 39.3 Å². The van der Waals surface area contributed by atoms with Gasteiger partial charge in [0.15, 0.2) is 0 Å². The molecule has 0 aromatic heterocycles. The standard InChI is InChI=1S/C28H43N3O4S/c1-3-5-8-16-30-18-12-14-28-23(22-21(36-28)13-11-17-29(15-4-2)25(22)33)26(34)31(24(28)27(30)35)19-9-6-7-10-20-32/h11-14,21-24,32H,3-10,15-20H2,1-2H3/t21-,22+,23-,24?,28-/m0/s1. The molecule has 0 saturated carbocycles. The van der Waals surface area contributed by atoms with Crippen molar-refractivity contribution in [1.29, 1.82) is 0 Å². The van der Waals surface area contributed by atoms with Gasteiger partial charge in [-0.1, -0.05) is 63.8 Å². The van der Waals surface area contributed by atoms with Gasteiger partial charge >= 0.3 is 0 Å². The number of hydrogen-bond acceptors (Lipinski definition) is 5.